The Bertz CT molecular complexity index is 446. The minimum atomic E-state index is -0.849. The van der Waals surface area contributed by atoms with Crippen LogP contribution in [0.5, 0.6) is 0 Å². The Morgan fingerprint density at radius 3 is 1.79 bits per heavy atom. The number of carboxylic acid groups (broad SMARTS) is 1. The van der Waals surface area contributed by atoms with Gasteiger partial charge in [-0.3, -0.25) is 9.59 Å². The van der Waals surface area contributed by atoms with Crippen molar-refractivity contribution in [3.8, 4) is 0 Å². The second kappa shape index (κ2) is 15.7. The summed E-state index contributed by atoms with van der Waals surface area (Å²) in [4.78, 5) is 24.1. The predicted molar refractivity (Wildman–Crippen MR) is 119 cm³/mol. The van der Waals surface area contributed by atoms with Crippen LogP contribution in [-0.4, -0.2) is 23.1 Å². The van der Waals surface area contributed by atoms with E-state index < -0.39 is 17.8 Å². The normalized spacial score (nSPS) is 20.6. The smallest absolute Gasteiger partial charge is 0.310 e. The fourth-order valence-electron chi connectivity index (χ4n) is 4.48. The third-order valence-electron chi connectivity index (χ3n) is 6.49. The van der Waals surface area contributed by atoms with E-state index in [1.54, 1.807) is 0 Å². The van der Waals surface area contributed by atoms with Gasteiger partial charge >= 0.3 is 11.9 Å². The summed E-state index contributed by atoms with van der Waals surface area (Å²) in [6.07, 6.45) is 18.3. The lowest BCUT2D eigenvalue weighted by atomic mass is 9.79. The molecule has 1 fully saturated rings. The number of carbonyl (C=O) groups excluding carboxylic acids is 1. The summed E-state index contributed by atoms with van der Waals surface area (Å²) >= 11 is 0. The van der Waals surface area contributed by atoms with Crippen molar-refractivity contribution in [3.05, 3.63) is 0 Å². The van der Waals surface area contributed by atoms with E-state index in [2.05, 4.69) is 20.8 Å². The van der Waals surface area contributed by atoms with Crippen molar-refractivity contribution in [1.82, 2.24) is 0 Å². The first-order valence-corrected chi connectivity index (χ1v) is 12.4. The highest BCUT2D eigenvalue weighted by atomic mass is 16.5. The van der Waals surface area contributed by atoms with Crippen LogP contribution in [0.3, 0.4) is 0 Å². The SMILES string of the molecule is CCCCCCCCCCCCCC(OC(=O)C1CCCCC1C(=O)O)C(C)C. The molecule has 1 aliphatic carbocycles. The maximum atomic E-state index is 12.6. The number of rotatable bonds is 16. The van der Waals surface area contributed by atoms with Gasteiger partial charge in [0.2, 0.25) is 0 Å². The summed E-state index contributed by atoms with van der Waals surface area (Å²) in [6, 6.07) is 0. The molecule has 0 bridgehead atoms. The summed E-state index contributed by atoms with van der Waals surface area (Å²) < 4.78 is 5.82. The Balaban J connectivity index is 2.21. The van der Waals surface area contributed by atoms with Gasteiger partial charge in [-0.25, -0.2) is 0 Å². The van der Waals surface area contributed by atoms with Crippen LogP contribution in [0.4, 0.5) is 0 Å². The number of ether oxygens (including phenoxy) is 1. The molecule has 0 amide bonds. The van der Waals surface area contributed by atoms with Gasteiger partial charge in [-0.1, -0.05) is 97.8 Å². The van der Waals surface area contributed by atoms with Crippen molar-refractivity contribution in [2.75, 3.05) is 0 Å². The molecular weight excluding hydrogens is 364 g/mol. The van der Waals surface area contributed by atoms with Gasteiger partial charge in [0.15, 0.2) is 0 Å². The molecule has 0 radical (unpaired) electrons. The molecule has 0 aliphatic heterocycles. The first-order valence-electron chi connectivity index (χ1n) is 12.4. The summed E-state index contributed by atoms with van der Waals surface area (Å²) in [5.74, 6) is -1.88. The molecule has 3 atom stereocenters. The lowest BCUT2D eigenvalue weighted by Gasteiger charge is -2.30. The Hall–Kier alpha value is -1.06. The molecule has 4 nitrogen and oxygen atoms in total. The summed E-state index contributed by atoms with van der Waals surface area (Å²) in [7, 11) is 0. The number of aliphatic carboxylic acids is 1. The third-order valence-corrected chi connectivity index (χ3v) is 6.49. The number of carbonyl (C=O) groups is 2. The topological polar surface area (TPSA) is 63.6 Å². The van der Waals surface area contributed by atoms with Crippen LogP contribution < -0.4 is 0 Å². The Morgan fingerprint density at radius 1 is 0.828 bits per heavy atom. The molecular formula is C25H46O4. The summed E-state index contributed by atoms with van der Waals surface area (Å²) in [6.45, 7) is 6.44. The van der Waals surface area contributed by atoms with E-state index in [1.807, 2.05) is 0 Å². The maximum Gasteiger partial charge on any atom is 0.310 e. The van der Waals surface area contributed by atoms with Crippen LogP contribution in [0, 0.1) is 17.8 Å². The summed E-state index contributed by atoms with van der Waals surface area (Å²) in [5, 5.41) is 9.41. The quantitative estimate of drug-likeness (QED) is 0.217. The van der Waals surface area contributed by atoms with Crippen LogP contribution in [0.1, 0.15) is 124 Å². The minimum absolute atomic E-state index is 0.0857. The highest BCUT2D eigenvalue weighted by Crippen LogP contribution is 2.32. The molecule has 0 aromatic heterocycles. The standard InChI is InChI=1S/C25H46O4/c1-4-5-6-7-8-9-10-11-12-13-14-19-23(20(2)3)29-25(28)22-18-16-15-17-21(22)24(26)27/h20-23H,4-19H2,1-3H3,(H,26,27). The molecule has 0 heterocycles. The average molecular weight is 411 g/mol. The van der Waals surface area contributed by atoms with Gasteiger partial charge in [-0.15, -0.1) is 0 Å². The van der Waals surface area contributed by atoms with Crippen LogP contribution in [0.2, 0.25) is 0 Å². The molecule has 0 aromatic carbocycles. The molecule has 4 heteroatoms. The van der Waals surface area contributed by atoms with Crippen molar-refractivity contribution in [2.24, 2.45) is 17.8 Å². The lowest BCUT2D eigenvalue weighted by Crippen LogP contribution is -2.36. The van der Waals surface area contributed by atoms with Gasteiger partial charge in [0.25, 0.3) is 0 Å². The van der Waals surface area contributed by atoms with E-state index in [4.69, 9.17) is 4.74 Å². The maximum absolute atomic E-state index is 12.6. The number of unbranched alkanes of at least 4 members (excludes halogenated alkanes) is 10. The second-order valence-electron chi connectivity index (χ2n) is 9.38. The van der Waals surface area contributed by atoms with Gasteiger partial charge in [0.1, 0.15) is 6.10 Å². The van der Waals surface area contributed by atoms with Crippen molar-refractivity contribution in [3.63, 3.8) is 0 Å². The first kappa shape index (κ1) is 26.0. The van der Waals surface area contributed by atoms with E-state index in [0.29, 0.717) is 12.8 Å². The predicted octanol–water partition coefficient (Wildman–Crippen LogP) is 7.15. The molecule has 3 unspecified atom stereocenters. The number of esters is 1. The van der Waals surface area contributed by atoms with Gasteiger partial charge < -0.3 is 9.84 Å². The molecule has 0 saturated heterocycles. The molecule has 0 aromatic rings. The zero-order valence-corrected chi connectivity index (χ0v) is 19.3. The van der Waals surface area contributed by atoms with Crippen LogP contribution >= 0.6 is 0 Å². The van der Waals surface area contributed by atoms with Crippen molar-refractivity contribution >= 4 is 11.9 Å². The molecule has 0 spiro atoms. The van der Waals surface area contributed by atoms with Gasteiger partial charge in [-0.05, 0) is 31.6 Å². The molecule has 1 rings (SSSR count). The molecule has 1 saturated carbocycles. The highest BCUT2D eigenvalue weighted by molar-refractivity contribution is 5.81. The average Bonchev–Trinajstić information content (AvgIpc) is 2.70. The van der Waals surface area contributed by atoms with Gasteiger partial charge in [-0.2, -0.15) is 0 Å². The molecule has 29 heavy (non-hydrogen) atoms. The Morgan fingerprint density at radius 2 is 1.31 bits per heavy atom. The van der Waals surface area contributed by atoms with Crippen molar-refractivity contribution in [2.45, 2.75) is 130 Å². The van der Waals surface area contributed by atoms with Crippen LogP contribution in [-0.2, 0) is 14.3 Å². The largest absolute Gasteiger partial charge is 0.481 e. The molecule has 1 N–H and O–H groups in total. The number of hydrogen-bond donors (Lipinski definition) is 1. The number of carboxylic acids is 1. The first-order chi connectivity index (χ1) is 14.0. The monoisotopic (exact) mass is 410 g/mol. The number of hydrogen-bond acceptors (Lipinski definition) is 3. The zero-order chi connectivity index (χ0) is 21.5. The van der Waals surface area contributed by atoms with E-state index >= 15 is 0 Å². The van der Waals surface area contributed by atoms with Crippen molar-refractivity contribution in [1.29, 1.82) is 0 Å². The fraction of sp³-hybridized carbons (Fsp3) is 0.920. The van der Waals surface area contributed by atoms with Gasteiger partial charge in [0.05, 0.1) is 11.8 Å². The van der Waals surface area contributed by atoms with Crippen LogP contribution in [0.25, 0.3) is 0 Å². The van der Waals surface area contributed by atoms with E-state index in [-0.39, 0.29) is 18.0 Å². The Kier molecular flexibility index (Phi) is 14.1. The lowest BCUT2D eigenvalue weighted by molar-refractivity contribution is -0.165. The minimum Gasteiger partial charge on any atom is -0.481 e. The third kappa shape index (κ3) is 11.1. The van der Waals surface area contributed by atoms with Crippen LogP contribution in [0.15, 0.2) is 0 Å². The van der Waals surface area contributed by atoms with E-state index in [9.17, 15) is 14.7 Å². The zero-order valence-electron chi connectivity index (χ0n) is 19.3. The van der Waals surface area contributed by atoms with E-state index in [0.717, 1.165) is 25.7 Å². The summed E-state index contributed by atoms with van der Waals surface area (Å²) in [5.41, 5.74) is 0. The molecule has 170 valence electrons. The second-order valence-corrected chi connectivity index (χ2v) is 9.38. The van der Waals surface area contributed by atoms with Crippen molar-refractivity contribution < 1.29 is 19.4 Å². The highest BCUT2D eigenvalue weighted by Gasteiger charge is 2.37. The Labute approximate surface area is 179 Å². The fourth-order valence-corrected chi connectivity index (χ4v) is 4.48. The van der Waals surface area contributed by atoms with E-state index in [1.165, 1.54) is 64.2 Å². The molecule has 1 aliphatic rings. The van der Waals surface area contributed by atoms with Gasteiger partial charge in [0, 0.05) is 0 Å².